The lowest BCUT2D eigenvalue weighted by atomic mass is 10.0. The van der Waals surface area contributed by atoms with Crippen LogP contribution in [-0.4, -0.2) is 38.1 Å². The first-order chi connectivity index (χ1) is 10.9. The number of hydrogen-bond donors (Lipinski definition) is 0. The molecule has 1 aliphatic rings. The molecule has 1 saturated heterocycles. The number of halogens is 3. The first-order valence-electron chi connectivity index (χ1n) is 7.19. The quantitative estimate of drug-likeness (QED) is 0.841. The molecule has 124 valence electrons. The van der Waals surface area contributed by atoms with E-state index in [0.717, 1.165) is 12.5 Å². The first kappa shape index (κ1) is 16.0. The Kier molecular flexibility index (Phi) is 4.13. The van der Waals surface area contributed by atoms with Crippen LogP contribution in [0.5, 0.6) is 0 Å². The predicted octanol–water partition coefficient (Wildman–Crippen LogP) is 3.14. The summed E-state index contributed by atoms with van der Waals surface area (Å²) in [5.74, 6) is -0.121. The predicted molar refractivity (Wildman–Crippen MR) is 78.3 cm³/mol. The summed E-state index contributed by atoms with van der Waals surface area (Å²) >= 11 is 1.22. The van der Waals surface area contributed by atoms with Crippen LogP contribution in [0.15, 0.2) is 17.6 Å². The molecule has 1 fully saturated rings. The van der Waals surface area contributed by atoms with Crippen LogP contribution in [0.25, 0.3) is 0 Å². The number of nitrogens with zero attached hydrogens (tertiary/aromatic N) is 4. The average molecular weight is 344 g/mol. The Balaban J connectivity index is 1.75. The van der Waals surface area contributed by atoms with Gasteiger partial charge in [0.25, 0.3) is 5.91 Å². The lowest BCUT2D eigenvalue weighted by molar-refractivity contribution is -0.141. The van der Waals surface area contributed by atoms with Crippen LogP contribution >= 0.6 is 11.5 Å². The molecule has 2 aromatic heterocycles. The van der Waals surface area contributed by atoms with Crippen molar-refractivity contribution < 1.29 is 18.0 Å². The van der Waals surface area contributed by atoms with E-state index in [9.17, 15) is 18.0 Å². The molecule has 0 saturated carbocycles. The maximum Gasteiger partial charge on any atom is 0.435 e. The van der Waals surface area contributed by atoms with Crippen LogP contribution in [-0.2, 0) is 6.18 Å². The van der Waals surface area contributed by atoms with Crippen LogP contribution in [0.1, 0.15) is 40.6 Å². The van der Waals surface area contributed by atoms with Crippen molar-refractivity contribution >= 4 is 17.4 Å². The van der Waals surface area contributed by atoms with Gasteiger partial charge in [-0.3, -0.25) is 9.48 Å². The van der Waals surface area contributed by atoms with Gasteiger partial charge in [0.15, 0.2) is 5.69 Å². The Bertz CT molecular complexity index is 709. The van der Waals surface area contributed by atoms with Crippen LogP contribution in [0.4, 0.5) is 13.2 Å². The van der Waals surface area contributed by atoms with Crippen molar-refractivity contribution in [3.63, 3.8) is 0 Å². The lowest BCUT2D eigenvalue weighted by Gasteiger charge is -2.32. The number of aryl methyl sites for hydroxylation is 1. The fourth-order valence-electron chi connectivity index (χ4n) is 2.72. The number of aromatic nitrogens is 3. The van der Waals surface area contributed by atoms with Crippen molar-refractivity contribution in [2.75, 3.05) is 13.1 Å². The fraction of sp³-hybridized carbons (Fsp3) is 0.500. The molecule has 0 aliphatic carbocycles. The Labute approximate surface area is 134 Å². The SMILES string of the molecule is Cc1nscc1C(=O)N1CCCC(n2ccc(C(F)(F)F)n2)C1. The lowest BCUT2D eigenvalue weighted by Crippen LogP contribution is -2.41. The second kappa shape index (κ2) is 5.95. The molecule has 0 radical (unpaired) electrons. The summed E-state index contributed by atoms with van der Waals surface area (Å²) in [6.45, 7) is 2.72. The molecule has 5 nitrogen and oxygen atoms in total. The van der Waals surface area contributed by atoms with Gasteiger partial charge in [-0.05, 0) is 37.4 Å². The van der Waals surface area contributed by atoms with E-state index < -0.39 is 11.9 Å². The second-order valence-corrected chi connectivity index (χ2v) is 6.17. The van der Waals surface area contributed by atoms with Gasteiger partial charge in [-0.15, -0.1) is 0 Å². The topological polar surface area (TPSA) is 51.0 Å². The van der Waals surface area contributed by atoms with E-state index >= 15 is 0 Å². The standard InChI is InChI=1S/C14H15F3N4OS/c1-9-11(8-23-19-9)13(22)20-5-2-3-10(7-20)21-6-4-12(18-21)14(15,16)17/h4,6,8,10H,2-3,5,7H2,1H3. The van der Waals surface area contributed by atoms with Gasteiger partial charge >= 0.3 is 6.18 Å². The summed E-state index contributed by atoms with van der Waals surface area (Å²) in [7, 11) is 0. The van der Waals surface area contributed by atoms with Gasteiger partial charge in [-0.25, -0.2) is 0 Å². The van der Waals surface area contributed by atoms with Gasteiger partial charge in [0.1, 0.15) is 0 Å². The molecule has 2 aromatic rings. The number of amides is 1. The Morgan fingerprint density at radius 2 is 2.22 bits per heavy atom. The maximum atomic E-state index is 12.7. The Morgan fingerprint density at radius 1 is 1.43 bits per heavy atom. The molecule has 1 atom stereocenters. The zero-order valence-electron chi connectivity index (χ0n) is 12.4. The molecule has 1 unspecified atom stereocenters. The summed E-state index contributed by atoms with van der Waals surface area (Å²) in [6.07, 6.45) is -1.69. The number of alkyl halides is 3. The molecule has 0 N–H and O–H groups in total. The van der Waals surface area contributed by atoms with Crippen LogP contribution < -0.4 is 0 Å². The molecule has 1 amide bonds. The Morgan fingerprint density at radius 3 is 2.83 bits per heavy atom. The van der Waals surface area contributed by atoms with Crippen molar-refractivity contribution in [1.82, 2.24) is 19.1 Å². The smallest absolute Gasteiger partial charge is 0.336 e. The minimum Gasteiger partial charge on any atom is -0.336 e. The van der Waals surface area contributed by atoms with Crippen LogP contribution in [0.3, 0.4) is 0 Å². The van der Waals surface area contributed by atoms with E-state index in [-0.39, 0.29) is 11.9 Å². The van der Waals surface area contributed by atoms with E-state index in [1.54, 1.807) is 17.2 Å². The van der Waals surface area contributed by atoms with Crippen molar-refractivity contribution in [3.05, 3.63) is 34.6 Å². The molecular formula is C14H15F3N4OS. The van der Waals surface area contributed by atoms with Crippen LogP contribution in [0.2, 0.25) is 0 Å². The van der Waals surface area contributed by atoms with Crippen molar-refractivity contribution in [2.45, 2.75) is 32.0 Å². The largest absolute Gasteiger partial charge is 0.435 e. The van der Waals surface area contributed by atoms with Gasteiger partial charge in [-0.1, -0.05) is 0 Å². The van der Waals surface area contributed by atoms with E-state index in [0.29, 0.717) is 30.8 Å². The van der Waals surface area contributed by atoms with Gasteiger partial charge in [0, 0.05) is 24.7 Å². The van der Waals surface area contributed by atoms with E-state index in [1.165, 1.54) is 22.4 Å². The van der Waals surface area contributed by atoms with E-state index in [1.807, 2.05) is 0 Å². The molecule has 0 bridgehead atoms. The highest BCUT2D eigenvalue weighted by molar-refractivity contribution is 7.03. The fourth-order valence-corrected chi connectivity index (χ4v) is 3.40. The van der Waals surface area contributed by atoms with Crippen molar-refractivity contribution in [3.8, 4) is 0 Å². The minimum absolute atomic E-state index is 0.121. The zero-order valence-corrected chi connectivity index (χ0v) is 13.2. The first-order valence-corrected chi connectivity index (χ1v) is 8.02. The van der Waals surface area contributed by atoms with Gasteiger partial charge in [0.05, 0.1) is 17.3 Å². The summed E-state index contributed by atoms with van der Waals surface area (Å²) in [5.41, 5.74) is 0.339. The number of piperidine rings is 1. The number of carbonyl (C=O) groups is 1. The molecule has 0 aromatic carbocycles. The number of hydrogen-bond acceptors (Lipinski definition) is 4. The van der Waals surface area contributed by atoms with E-state index in [2.05, 4.69) is 9.47 Å². The molecule has 0 spiro atoms. The number of carbonyl (C=O) groups excluding carboxylic acids is 1. The Hall–Kier alpha value is -1.90. The third-order valence-corrected chi connectivity index (χ3v) is 4.66. The summed E-state index contributed by atoms with van der Waals surface area (Å²) in [4.78, 5) is 14.2. The molecule has 3 rings (SSSR count). The normalized spacial score (nSPS) is 19.1. The highest BCUT2D eigenvalue weighted by Gasteiger charge is 2.35. The molecule has 9 heteroatoms. The number of rotatable bonds is 2. The third-order valence-electron chi connectivity index (χ3n) is 3.94. The van der Waals surface area contributed by atoms with Gasteiger partial charge < -0.3 is 4.90 Å². The van der Waals surface area contributed by atoms with Gasteiger partial charge in [0.2, 0.25) is 0 Å². The number of likely N-dealkylation sites (tertiary alicyclic amines) is 1. The summed E-state index contributed by atoms with van der Waals surface area (Å²) < 4.78 is 43.4. The highest BCUT2D eigenvalue weighted by Crippen LogP contribution is 2.29. The van der Waals surface area contributed by atoms with Crippen molar-refractivity contribution in [1.29, 1.82) is 0 Å². The monoisotopic (exact) mass is 344 g/mol. The summed E-state index contributed by atoms with van der Waals surface area (Å²) in [6, 6.07) is 0.726. The zero-order chi connectivity index (χ0) is 16.6. The molecule has 23 heavy (non-hydrogen) atoms. The van der Waals surface area contributed by atoms with Crippen LogP contribution in [0, 0.1) is 6.92 Å². The van der Waals surface area contributed by atoms with Gasteiger partial charge in [-0.2, -0.15) is 22.6 Å². The highest BCUT2D eigenvalue weighted by atomic mass is 32.1. The molecular weight excluding hydrogens is 329 g/mol. The molecule has 3 heterocycles. The molecule has 1 aliphatic heterocycles. The average Bonchev–Trinajstić information content (AvgIpc) is 3.15. The van der Waals surface area contributed by atoms with Crippen molar-refractivity contribution in [2.24, 2.45) is 0 Å². The van der Waals surface area contributed by atoms with E-state index in [4.69, 9.17) is 0 Å². The summed E-state index contributed by atoms with van der Waals surface area (Å²) in [5, 5.41) is 5.33. The third kappa shape index (κ3) is 3.24. The minimum atomic E-state index is -4.45. The second-order valence-electron chi connectivity index (χ2n) is 5.54. The maximum absolute atomic E-state index is 12.7.